The fraction of sp³-hybridized carbons (Fsp3) is 0.312. The van der Waals surface area contributed by atoms with Crippen molar-refractivity contribution >= 4 is 5.84 Å². The lowest BCUT2D eigenvalue weighted by Gasteiger charge is -2.24. The lowest BCUT2D eigenvalue weighted by atomic mass is 9.95. The van der Waals surface area contributed by atoms with Gasteiger partial charge in [0.2, 0.25) is 0 Å². The summed E-state index contributed by atoms with van der Waals surface area (Å²) in [4.78, 5) is 4.05. The van der Waals surface area contributed by atoms with E-state index in [-0.39, 0.29) is 22.7 Å². The number of aromatic hydroxyl groups is 1. The normalized spacial score (nSPS) is 26.9. The predicted molar refractivity (Wildman–Crippen MR) is 80.2 cm³/mol. The number of aryl methyl sites for hydroxylation is 1. The van der Waals surface area contributed by atoms with E-state index >= 15 is 0 Å². The minimum Gasteiger partial charge on any atom is -0.508 e. The maximum atomic E-state index is 10.0. The van der Waals surface area contributed by atoms with Crippen LogP contribution in [-0.2, 0) is 0 Å². The number of rotatable bonds is 1. The van der Waals surface area contributed by atoms with Crippen molar-refractivity contribution in [2.24, 2.45) is 10.8 Å². The van der Waals surface area contributed by atoms with Crippen molar-refractivity contribution in [1.29, 1.82) is 0 Å². The zero-order valence-electron chi connectivity index (χ0n) is 17.2. The molecule has 1 aromatic rings. The zero-order chi connectivity index (χ0) is 19.6. The highest BCUT2D eigenvalue weighted by Crippen LogP contribution is 2.40. The second kappa shape index (κ2) is 4.21. The molecule has 20 heavy (non-hydrogen) atoms. The molecule has 3 rings (SSSR count). The Bertz CT molecular complexity index is 879. The van der Waals surface area contributed by atoms with Crippen LogP contribution in [0.25, 0.3) is 0 Å². The molecule has 0 amide bonds. The Morgan fingerprint density at radius 2 is 2.15 bits per heavy atom. The number of nitrogens with two attached hydrogens (primary N) is 1. The quantitative estimate of drug-likeness (QED) is 0.775. The monoisotopic (exact) mass is 275 g/mol. The molecule has 104 valence electrons. The van der Waals surface area contributed by atoms with Crippen LogP contribution in [0.5, 0.6) is 5.75 Å². The third-order valence-corrected chi connectivity index (χ3v) is 3.83. The average Bonchev–Trinajstić information content (AvgIpc) is 3.01. The highest BCUT2D eigenvalue weighted by atomic mass is 16.3. The largest absolute Gasteiger partial charge is 0.508 e. The van der Waals surface area contributed by atoms with E-state index < -0.39 is 25.4 Å². The van der Waals surface area contributed by atoms with Gasteiger partial charge in [-0.1, -0.05) is 6.07 Å². The molecular weight excluding hydrogens is 250 g/mol. The number of hydrazine groups is 1. The van der Waals surface area contributed by atoms with Crippen LogP contribution in [-0.4, -0.2) is 16.0 Å². The molecule has 2 aliphatic heterocycles. The molecule has 2 heterocycles. The molecule has 1 unspecified atom stereocenters. The number of allylic oxidation sites excluding steroid dienone is 1. The van der Waals surface area contributed by atoms with E-state index in [1.54, 1.807) is 25.1 Å². The van der Waals surface area contributed by atoms with Gasteiger partial charge in [-0.05, 0) is 62.0 Å². The van der Waals surface area contributed by atoms with Crippen molar-refractivity contribution in [3.8, 4) is 5.75 Å². The van der Waals surface area contributed by atoms with E-state index in [0.717, 1.165) is 11.1 Å². The van der Waals surface area contributed by atoms with Crippen molar-refractivity contribution in [3.05, 3.63) is 51.7 Å². The van der Waals surface area contributed by atoms with Crippen molar-refractivity contribution < 1.29 is 13.3 Å². The number of aliphatic imine (C=N–C) groups is 1. The number of hydrogen-bond acceptors (Lipinski definition) is 4. The summed E-state index contributed by atoms with van der Waals surface area (Å²) >= 11 is 0. The van der Waals surface area contributed by atoms with Crippen LogP contribution in [0.4, 0.5) is 0 Å². The van der Waals surface area contributed by atoms with Crippen LogP contribution in [0.15, 0.2) is 40.0 Å². The van der Waals surface area contributed by atoms with E-state index in [1.165, 1.54) is 5.01 Å². The Hall–Kier alpha value is -2.07. The van der Waals surface area contributed by atoms with Gasteiger partial charge in [0.25, 0.3) is 0 Å². The second-order valence-corrected chi connectivity index (χ2v) is 5.03. The minimum atomic E-state index is -2.66. The molecule has 3 N–H and O–H groups in total. The SMILES string of the molecule is [2H]C([2H])([2H])C1=C(C([2H])([2H])[2H])C2=CC(c3c(C)ccc(O)c3C)N(N)C2=N1. The zero-order valence-corrected chi connectivity index (χ0v) is 11.2. The summed E-state index contributed by atoms with van der Waals surface area (Å²) < 4.78 is 46.1. The number of phenols is 1. The van der Waals surface area contributed by atoms with Crippen LogP contribution in [0.3, 0.4) is 0 Å². The first kappa shape index (κ1) is 7.64. The number of amidine groups is 1. The molecule has 0 saturated carbocycles. The Morgan fingerprint density at radius 3 is 2.85 bits per heavy atom. The molecule has 0 aromatic heterocycles. The summed E-state index contributed by atoms with van der Waals surface area (Å²) in [5, 5.41) is 11.3. The van der Waals surface area contributed by atoms with Gasteiger partial charge >= 0.3 is 0 Å². The van der Waals surface area contributed by atoms with Gasteiger partial charge in [-0.3, -0.25) is 5.01 Å². The Kier molecular flexibility index (Phi) is 1.61. The van der Waals surface area contributed by atoms with Crippen LogP contribution in [0.1, 0.15) is 44.7 Å². The van der Waals surface area contributed by atoms with E-state index in [2.05, 4.69) is 4.99 Å². The van der Waals surface area contributed by atoms with E-state index in [1.807, 2.05) is 6.92 Å². The molecule has 1 aromatic carbocycles. The molecule has 4 nitrogen and oxygen atoms in total. The van der Waals surface area contributed by atoms with Crippen LogP contribution >= 0.6 is 0 Å². The van der Waals surface area contributed by atoms with Crippen molar-refractivity contribution in [2.75, 3.05) is 0 Å². The van der Waals surface area contributed by atoms with Gasteiger partial charge in [-0.25, -0.2) is 10.8 Å². The Labute approximate surface area is 127 Å². The first-order valence-electron chi connectivity index (χ1n) is 9.23. The van der Waals surface area contributed by atoms with Crippen molar-refractivity contribution in [2.45, 2.75) is 33.6 Å². The summed E-state index contributed by atoms with van der Waals surface area (Å²) in [5.41, 5.74) is 1.70. The highest BCUT2D eigenvalue weighted by Gasteiger charge is 2.35. The van der Waals surface area contributed by atoms with Gasteiger partial charge in [0.05, 0.1) is 6.04 Å². The number of phenolic OH excluding ortho intramolecular Hbond substituents is 1. The van der Waals surface area contributed by atoms with Gasteiger partial charge in [0.15, 0.2) is 5.84 Å². The third-order valence-electron chi connectivity index (χ3n) is 3.83. The van der Waals surface area contributed by atoms with Crippen molar-refractivity contribution in [3.63, 3.8) is 0 Å². The van der Waals surface area contributed by atoms with Crippen LogP contribution in [0.2, 0.25) is 0 Å². The smallest absolute Gasteiger partial charge is 0.151 e. The molecule has 2 aliphatic rings. The molecule has 0 bridgehead atoms. The van der Waals surface area contributed by atoms with Gasteiger partial charge in [-0.2, -0.15) is 0 Å². The highest BCUT2D eigenvalue weighted by molar-refractivity contribution is 6.07. The Balaban J connectivity index is 2.20. The molecule has 0 spiro atoms. The molecule has 0 radical (unpaired) electrons. The predicted octanol–water partition coefficient (Wildman–Crippen LogP) is 2.87. The summed E-state index contributed by atoms with van der Waals surface area (Å²) in [6.07, 6.45) is 1.61. The topological polar surface area (TPSA) is 61.8 Å². The molecule has 0 fully saturated rings. The number of hydrogen-bond donors (Lipinski definition) is 2. The van der Waals surface area contributed by atoms with E-state index in [9.17, 15) is 5.11 Å². The van der Waals surface area contributed by atoms with Crippen molar-refractivity contribution in [1.82, 2.24) is 5.01 Å². The average molecular weight is 275 g/mol. The summed E-state index contributed by atoms with van der Waals surface area (Å²) in [6.45, 7) is -1.69. The molecule has 4 heteroatoms. The second-order valence-electron chi connectivity index (χ2n) is 5.03. The molecule has 0 aliphatic carbocycles. The first-order chi connectivity index (χ1) is 11.8. The van der Waals surface area contributed by atoms with Crippen LogP contribution < -0.4 is 5.84 Å². The third kappa shape index (κ3) is 1.61. The van der Waals surface area contributed by atoms with E-state index in [0.29, 0.717) is 5.56 Å². The molecule has 1 atom stereocenters. The lowest BCUT2D eigenvalue weighted by Crippen LogP contribution is -2.36. The maximum Gasteiger partial charge on any atom is 0.151 e. The standard InChI is InChI=1S/C16H19N3O/c1-8-5-6-14(20)10(3)15(8)13-7-12-9(2)11(4)18-16(12)19(13)17/h5-7,13,20H,17H2,1-4H3/i2D3,4D3. The number of fused-ring (bicyclic) bond motifs is 1. The van der Waals surface area contributed by atoms with Gasteiger partial charge in [0, 0.05) is 19.5 Å². The van der Waals surface area contributed by atoms with Gasteiger partial charge in [0.1, 0.15) is 5.75 Å². The minimum absolute atomic E-state index is 0.103. The number of benzene rings is 1. The molecular formula is C16H19N3O. The Morgan fingerprint density at radius 1 is 1.35 bits per heavy atom. The first-order valence-corrected chi connectivity index (χ1v) is 6.23. The van der Waals surface area contributed by atoms with Crippen LogP contribution in [0, 0.1) is 13.8 Å². The van der Waals surface area contributed by atoms with Gasteiger partial charge < -0.3 is 5.11 Å². The van der Waals surface area contributed by atoms with E-state index in [4.69, 9.17) is 14.1 Å². The van der Waals surface area contributed by atoms with Gasteiger partial charge in [-0.15, -0.1) is 0 Å². The summed E-state index contributed by atoms with van der Waals surface area (Å²) in [6, 6.07) is 2.77. The summed E-state index contributed by atoms with van der Waals surface area (Å²) in [7, 11) is 0. The number of nitrogens with zero attached hydrogens (tertiary/aromatic N) is 2. The maximum absolute atomic E-state index is 10.0. The molecule has 0 saturated heterocycles. The lowest BCUT2D eigenvalue weighted by molar-refractivity contribution is 0.391. The summed E-state index contributed by atoms with van der Waals surface area (Å²) in [5.74, 6) is 6.39. The fourth-order valence-corrected chi connectivity index (χ4v) is 2.72. The fourth-order valence-electron chi connectivity index (χ4n) is 2.72.